The van der Waals surface area contributed by atoms with E-state index < -0.39 is 22.3 Å². The minimum atomic E-state index is -0.984. The highest BCUT2D eigenvalue weighted by Crippen LogP contribution is 2.21. The molecule has 0 saturated heterocycles. The number of nitrogens with one attached hydrogen (secondary N) is 1. The molecule has 0 bridgehead atoms. The highest BCUT2D eigenvalue weighted by Gasteiger charge is 2.16. The predicted octanol–water partition coefficient (Wildman–Crippen LogP) is 1.96. The van der Waals surface area contributed by atoms with Crippen LogP contribution >= 0.6 is 0 Å². The van der Waals surface area contributed by atoms with E-state index in [1.807, 2.05) is 0 Å². The molecule has 1 amide bonds. The lowest BCUT2D eigenvalue weighted by Gasteiger charge is -2.05. The number of rotatable bonds is 4. The highest BCUT2D eigenvalue weighted by molar-refractivity contribution is 6.02. The van der Waals surface area contributed by atoms with Crippen LogP contribution in [-0.2, 0) is 0 Å². The number of benzene rings is 1. The number of imidazole rings is 1. The molecule has 0 aliphatic rings. The van der Waals surface area contributed by atoms with Crippen LogP contribution in [0.5, 0.6) is 0 Å². The van der Waals surface area contributed by atoms with Crippen molar-refractivity contribution in [3.63, 3.8) is 0 Å². The zero-order valence-electron chi connectivity index (χ0n) is 12.0. The van der Waals surface area contributed by atoms with Gasteiger partial charge in [0.15, 0.2) is 11.5 Å². The second kappa shape index (κ2) is 6.20. The van der Waals surface area contributed by atoms with Crippen molar-refractivity contribution < 1.29 is 14.1 Å². The van der Waals surface area contributed by atoms with E-state index in [9.17, 15) is 19.3 Å². The summed E-state index contributed by atoms with van der Waals surface area (Å²) in [6.07, 6.45) is 4.77. The number of aromatic nitrogens is 4. The van der Waals surface area contributed by atoms with E-state index in [-0.39, 0.29) is 11.4 Å². The lowest BCUT2D eigenvalue weighted by Crippen LogP contribution is -2.15. The van der Waals surface area contributed by atoms with Gasteiger partial charge >= 0.3 is 5.69 Å². The first-order chi connectivity index (χ1) is 11.5. The monoisotopic (exact) mass is 328 g/mol. The average Bonchev–Trinajstić information content (AvgIpc) is 3.11. The van der Waals surface area contributed by atoms with Gasteiger partial charge in [-0.1, -0.05) is 0 Å². The number of nitrogens with zero attached hydrogens (tertiary/aromatic N) is 5. The second-order valence-electron chi connectivity index (χ2n) is 4.62. The summed E-state index contributed by atoms with van der Waals surface area (Å²) in [5.74, 6) is -1.13. The van der Waals surface area contributed by atoms with Crippen LogP contribution in [0.3, 0.4) is 0 Å². The molecule has 9 nitrogen and oxygen atoms in total. The normalized spacial score (nSPS) is 10.4. The lowest BCUT2D eigenvalue weighted by molar-refractivity contribution is -0.387. The van der Waals surface area contributed by atoms with Gasteiger partial charge in [-0.25, -0.2) is 4.98 Å². The van der Waals surface area contributed by atoms with Crippen molar-refractivity contribution in [2.45, 2.75) is 0 Å². The maximum absolute atomic E-state index is 13.3. The van der Waals surface area contributed by atoms with Crippen LogP contribution < -0.4 is 5.32 Å². The van der Waals surface area contributed by atoms with Crippen LogP contribution in [0.25, 0.3) is 5.82 Å². The van der Waals surface area contributed by atoms with Gasteiger partial charge in [-0.05, 0) is 24.3 Å². The van der Waals surface area contributed by atoms with Crippen LogP contribution in [0.2, 0.25) is 0 Å². The van der Waals surface area contributed by atoms with E-state index in [4.69, 9.17) is 0 Å². The average molecular weight is 328 g/mol. The van der Waals surface area contributed by atoms with Crippen molar-refractivity contribution in [1.29, 1.82) is 0 Å². The molecule has 0 radical (unpaired) electrons. The minimum absolute atomic E-state index is 0.00541. The zero-order chi connectivity index (χ0) is 17.1. The molecule has 3 aromatic rings. The Morgan fingerprint density at radius 3 is 2.71 bits per heavy atom. The smallest absolute Gasteiger partial charge is 0.306 e. The Balaban J connectivity index is 1.78. The number of carbonyl (C=O) groups excluding carboxylic acids is 1. The first-order valence-electron chi connectivity index (χ1n) is 6.62. The Labute approximate surface area is 133 Å². The van der Waals surface area contributed by atoms with Gasteiger partial charge in [0.1, 0.15) is 6.33 Å². The van der Waals surface area contributed by atoms with Crippen LogP contribution in [0.15, 0.2) is 49.1 Å². The molecule has 2 aromatic heterocycles. The molecule has 0 unspecified atom stereocenters. The van der Waals surface area contributed by atoms with Crippen LogP contribution in [0, 0.1) is 15.9 Å². The Hall–Kier alpha value is -3.69. The van der Waals surface area contributed by atoms with E-state index in [1.165, 1.54) is 18.5 Å². The largest absolute Gasteiger partial charge is 0.320 e. The summed E-state index contributed by atoms with van der Waals surface area (Å²) in [4.78, 5) is 25.8. The van der Waals surface area contributed by atoms with E-state index >= 15 is 0 Å². The van der Waals surface area contributed by atoms with Crippen molar-refractivity contribution in [1.82, 2.24) is 19.7 Å². The van der Waals surface area contributed by atoms with Crippen LogP contribution in [0.1, 0.15) is 10.5 Å². The molecule has 0 spiro atoms. The number of amides is 1. The second-order valence-corrected chi connectivity index (χ2v) is 4.62. The van der Waals surface area contributed by atoms with E-state index in [1.54, 1.807) is 23.0 Å². The van der Waals surface area contributed by atoms with E-state index in [0.29, 0.717) is 5.82 Å². The molecule has 0 atom stereocenters. The first-order valence-corrected chi connectivity index (χ1v) is 6.62. The Morgan fingerprint density at radius 2 is 2.08 bits per heavy atom. The number of anilines is 1. The molecular weight excluding hydrogens is 319 g/mol. The van der Waals surface area contributed by atoms with Crippen LogP contribution in [0.4, 0.5) is 15.8 Å². The molecule has 0 saturated carbocycles. The molecule has 1 N–H and O–H groups in total. The summed E-state index contributed by atoms with van der Waals surface area (Å²) in [6, 6.07) is 6.06. The summed E-state index contributed by atoms with van der Waals surface area (Å²) in [7, 11) is 0. The molecular formula is C14H9FN6O3. The number of nitro groups is 1. The van der Waals surface area contributed by atoms with Crippen molar-refractivity contribution in [3.05, 3.63) is 70.7 Å². The molecule has 0 aliphatic carbocycles. The SMILES string of the molecule is O=C(Nc1ccc(F)c([N+](=O)[O-])c1)c1ccc(-n2ccnc2)nn1. The first kappa shape index (κ1) is 15.2. The lowest BCUT2D eigenvalue weighted by atomic mass is 10.2. The van der Waals surface area contributed by atoms with Gasteiger partial charge in [0.05, 0.1) is 4.92 Å². The molecule has 120 valence electrons. The van der Waals surface area contributed by atoms with Gasteiger partial charge in [-0.2, -0.15) is 4.39 Å². The number of hydrogen-bond donors (Lipinski definition) is 1. The van der Waals surface area contributed by atoms with Gasteiger partial charge in [-0.15, -0.1) is 10.2 Å². The maximum atomic E-state index is 13.3. The fraction of sp³-hybridized carbons (Fsp3) is 0. The topological polar surface area (TPSA) is 116 Å². The van der Waals surface area contributed by atoms with Crippen molar-refractivity contribution in [3.8, 4) is 5.82 Å². The van der Waals surface area contributed by atoms with Gasteiger partial charge in [0.25, 0.3) is 5.91 Å². The third kappa shape index (κ3) is 3.06. The van der Waals surface area contributed by atoms with E-state index in [2.05, 4.69) is 20.5 Å². The number of carbonyl (C=O) groups is 1. The standard InChI is InChI=1S/C14H9FN6O3/c15-10-2-1-9(7-12(10)21(23)24)17-14(22)11-3-4-13(19-18-11)20-6-5-16-8-20/h1-8H,(H,17,22). The maximum Gasteiger partial charge on any atom is 0.306 e. The molecule has 0 fully saturated rings. The van der Waals surface area contributed by atoms with Gasteiger partial charge in [-0.3, -0.25) is 19.5 Å². The third-order valence-electron chi connectivity index (χ3n) is 3.05. The molecule has 24 heavy (non-hydrogen) atoms. The molecule has 1 aromatic carbocycles. The Bertz CT molecular complexity index is 895. The Morgan fingerprint density at radius 1 is 1.25 bits per heavy atom. The highest BCUT2D eigenvalue weighted by atomic mass is 19.1. The summed E-state index contributed by atoms with van der Waals surface area (Å²) < 4.78 is 14.9. The fourth-order valence-corrected chi connectivity index (χ4v) is 1.90. The van der Waals surface area contributed by atoms with Gasteiger partial charge < -0.3 is 5.32 Å². The third-order valence-corrected chi connectivity index (χ3v) is 3.05. The zero-order valence-corrected chi connectivity index (χ0v) is 12.0. The predicted molar refractivity (Wildman–Crippen MR) is 80.2 cm³/mol. The van der Waals surface area contributed by atoms with Crippen molar-refractivity contribution in [2.75, 3.05) is 5.32 Å². The van der Waals surface area contributed by atoms with Crippen LogP contribution in [-0.4, -0.2) is 30.6 Å². The van der Waals surface area contributed by atoms with E-state index in [0.717, 1.165) is 12.1 Å². The summed E-state index contributed by atoms with van der Waals surface area (Å²) in [6.45, 7) is 0. The molecule has 0 aliphatic heterocycles. The molecule has 2 heterocycles. The number of halogens is 1. The summed E-state index contributed by atoms with van der Waals surface area (Å²) >= 11 is 0. The fourth-order valence-electron chi connectivity index (χ4n) is 1.90. The van der Waals surface area contributed by atoms with Crippen molar-refractivity contribution >= 4 is 17.3 Å². The number of nitro benzene ring substituents is 1. The summed E-state index contributed by atoms with van der Waals surface area (Å²) in [5, 5.41) is 20.8. The van der Waals surface area contributed by atoms with Gasteiger partial charge in [0.2, 0.25) is 5.82 Å². The molecule has 10 heteroatoms. The summed E-state index contributed by atoms with van der Waals surface area (Å²) in [5.41, 5.74) is -0.645. The minimum Gasteiger partial charge on any atom is -0.320 e. The Kier molecular flexibility index (Phi) is 3.93. The number of hydrogen-bond acceptors (Lipinski definition) is 6. The molecule has 3 rings (SSSR count). The quantitative estimate of drug-likeness (QED) is 0.578. The van der Waals surface area contributed by atoms with Gasteiger partial charge in [0, 0.05) is 24.1 Å². The van der Waals surface area contributed by atoms with Crippen molar-refractivity contribution in [2.24, 2.45) is 0 Å².